The maximum atomic E-state index is 12.1. The minimum atomic E-state index is -1.57. The molecule has 0 radical (unpaired) electrons. The number of carbonyl (C=O) groups excluding carboxylic acids is 2. The lowest BCUT2D eigenvalue weighted by Gasteiger charge is -2.23. The lowest BCUT2D eigenvalue weighted by molar-refractivity contribution is -0.145. The van der Waals surface area contributed by atoms with Crippen LogP contribution in [0.3, 0.4) is 0 Å². The number of carbonyl (C=O) groups is 2. The summed E-state index contributed by atoms with van der Waals surface area (Å²) in [5, 5.41) is 12.2. The van der Waals surface area contributed by atoms with Crippen LogP contribution in [0.2, 0.25) is 0 Å². The minimum absolute atomic E-state index is 0.0946. The first-order valence-electron chi connectivity index (χ1n) is 6.31. The fourth-order valence-corrected chi connectivity index (χ4v) is 2.19. The Bertz CT molecular complexity index is 495. The van der Waals surface area contributed by atoms with Gasteiger partial charge in [0, 0.05) is 13.1 Å². The van der Waals surface area contributed by atoms with Crippen molar-refractivity contribution in [1.82, 2.24) is 10.2 Å². The summed E-state index contributed by atoms with van der Waals surface area (Å²) in [7, 11) is 0. The van der Waals surface area contributed by atoms with Gasteiger partial charge in [0.05, 0.1) is 6.67 Å². The molecule has 1 aromatic rings. The molecule has 1 aliphatic rings. The molecule has 108 valence electrons. The number of nitrogens with two attached hydrogens (primary N) is 2. The highest BCUT2D eigenvalue weighted by Gasteiger charge is 2.34. The molecule has 2 amide bonds. The van der Waals surface area contributed by atoms with Crippen LogP contribution in [0.4, 0.5) is 0 Å². The van der Waals surface area contributed by atoms with Gasteiger partial charge >= 0.3 is 0 Å². The normalized spacial score (nSPS) is 16.4. The molecular formula is C13H18N4O3. The monoisotopic (exact) mass is 278 g/mol. The molecule has 0 unspecified atom stereocenters. The summed E-state index contributed by atoms with van der Waals surface area (Å²) in [6.07, 6.45) is -1.57. The minimum Gasteiger partial charge on any atom is -0.381 e. The second-order valence-corrected chi connectivity index (χ2v) is 4.68. The second kappa shape index (κ2) is 6.00. The molecule has 2 rings (SSSR count). The Morgan fingerprint density at radius 2 is 1.85 bits per heavy atom. The second-order valence-electron chi connectivity index (χ2n) is 4.68. The van der Waals surface area contributed by atoms with Gasteiger partial charge in [0.15, 0.2) is 6.10 Å². The number of nitrogens with one attached hydrogen (secondary N) is 1. The van der Waals surface area contributed by atoms with Gasteiger partial charge < -0.3 is 26.8 Å². The molecule has 0 saturated carbocycles. The first-order valence-corrected chi connectivity index (χ1v) is 6.31. The van der Waals surface area contributed by atoms with Crippen molar-refractivity contribution in [2.45, 2.75) is 25.2 Å². The van der Waals surface area contributed by atoms with E-state index in [1.165, 1.54) is 4.90 Å². The van der Waals surface area contributed by atoms with E-state index >= 15 is 0 Å². The van der Waals surface area contributed by atoms with Crippen LogP contribution in [0.5, 0.6) is 0 Å². The highest BCUT2D eigenvalue weighted by Crippen LogP contribution is 2.22. The summed E-state index contributed by atoms with van der Waals surface area (Å²) >= 11 is 0. The smallest absolute Gasteiger partial charge is 0.254 e. The molecule has 0 aliphatic carbocycles. The molecule has 20 heavy (non-hydrogen) atoms. The lowest BCUT2D eigenvalue weighted by Crippen LogP contribution is -2.54. The SMILES string of the molecule is NCNC(=O)[C@H](N)[C@@H](O)C(=O)N1Cc2ccccc2C1. The molecule has 0 saturated heterocycles. The first-order chi connectivity index (χ1) is 9.54. The van der Waals surface area contributed by atoms with Gasteiger partial charge in [-0.05, 0) is 11.1 Å². The zero-order valence-corrected chi connectivity index (χ0v) is 11.0. The molecule has 1 heterocycles. The van der Waals surface area contributed by atoms with Crippen molar-refractivity contribution in [3.8, 4) is 0 Å². The maximum Gasteiger partial charge on any atom is 0.254 e. The average Bonchev–Trinajstić information content (AvgIpc) is 2.89. The van der Waals surface area contributed by atoms with Crippen molar-refractivity contribution < 1.29 is 14.7 Å². The van der Waals surface area contributed by atoms with Crippen molar-refractivity contribution in [2.24, 2.45) is 11.5 Å². The van der Waals surface area contributed by atoms with Crippen LogP contribution in [-0.2, 0) is 22.7 Å². The van der Waals surface area contributed by atoms with Gasteiger partial charge in [-0.15, -0.1) is 0 Å². The molecule has 6 N–H and O–H groups in total. The molecule has 0 bridgehead atoms. The number of amides is 2. The first kappa shape index (κ1) is 14.4. The van der Waals surface area contributed by atoms with E-state index in [0.717, 1.165) is 11.1 Å². The molecule has 1 aliphatic heterocycles. The number of fused-ring (bicyclic) bond motifs is 1. The standard InChI is InChI=1S/C13H18N4O3/c14-7-16-12(19)10(15)11(18)13(20)17-5-8-3-1-2-4-9(8)6-17/h1-4,10-11,18H,5-7,14-15H2,(H,16,19)/t10-,11-/m1/s1. The Morgan fingerprint density at radius 3 is 2.35 bits per heavy atom. The van der Waals surface area contributed by atoms with Crippen LogP contribution in [-0.4, -0.2) is 40.6 Å². The quantitative estimate of drug-likeness (QED) is 0.487. The highest BCUT2D eigenvalue weighted by atomic mass is 16.3. The third-order valence-electron chi connectivity index (χ3n) is 3.32. The van der Waals surface area contributed by atoms with Gasteiger partial charge in [0.1, 0.15) is 6.04 Å². The number of rotatable bonds is 4. The average molecular weight is 278 g/mol. The molecule has 1 aromatic carbocycles. The van der Waals surface area contributed by atoms with Crippen LogP contribution in [0, 0.1) is 0 Å². The van der Waals surface area contributed by atoms with E-state index in [9.17, 15) is 14.7 Å². The predicted molar refractivity (Wildman–Crippen MR) is 71.9 cm³/mol. The third-order valence-corrected chi connectivity index (χ3v) is 3.32. The van der Waals surface area contributed by atoms with Gasteiger partial charge in [-0.1, -0.05) is 24.3 Å². The summed E-state index contributed by atoms with van der Waals surface area (Å²) in [6.45, 7) is 0.733. The van der Waals surface area contributed by atoms with E-state index in [-0.39, 0.29) is 6.67 Å². The molecule has 7 nitrogen and oxygen atoms in total. The van der Waals surface area contributed by atoms with Gasteiger partial charge in [-0.25, -0.2) is 0 Å². The van der Waals surface area contributed by atoms with E-state index in [1.807, 2.05) is 24.3 Å². The highest BCUT2D eigenvalue weighted by molar-refractivity contribution is 5.91. The zero-order valence-electron chi connectivity index (χ0n) is 11.0. The Balaban J connectivity index is 2.01. The van der Waals surface area contributed by atoms with Crippen LogP contribution < -0.4 is 16.8 Å². The fraction of sp³-hybridized carbons (Fsp3) is 0.385. The number of benzene rings is 1. The maximum absolute atomic E-state index is 12.1. The van der Waals surface area contributed by atoms with Crippen LogP contribution in [0.1, 0.15) is 11.1 Å². The molecule has 0 aromatic heterocycles. The van der Waals surface area contributed by atoms with E-state index in [0.29, 0.717) is 13.1 Å². The van der Waals surface area contributed by atoms with Gasteiger partial charge in [-0.2, -0.15) is 0 Å². The molecule has 2 atom stereocenters. The van der Waals surface area contributed by atoms with Crippen LogP contribution >= 0.6 is 0 Å². The number of aliphatic hydroxyl groups excluding tert-OH is 1. The van der Waals surface area contributed by atoms with Gasteiger partial charge in [0.2, 0.25) is 5.91 Å². The molecule has 0 fully saturated rings. The van der Waals surface area contributed by atoms with Crippen molar-refractivity contribution in [1.29, 1.82) is 0 Å². The lowest BCUT2D eigenvalue weighted by atomic mass is 10.1. The summed E-state index contributed by atoms with van der Waals surface area (Å²) in [6, 6.07) is 6.31. The van der Waals surface area contributed by atoms with Crippen LogP contribution in [0.25, 0.3) is 0 Å². The molecular weight excluding hydrogens is 260 g/mol. The van der Waals surface area contributed by atoms with Gasteiger partial charge in [0.25, 0.3) is 5.91 Å². The molecule has 0 spiro atoms. The van der Waals surface area contributed by atoms with Crippen molar-refractivity contribution >= 4 is 11.8 Å². The van der Waals surface area contributed by atoms with E-state index in [4.69, 9.17) is 11.5 Å². The number of hydrogen-bond acceptors (Lipinski definition) is 5. The van der Waals surface area contributed by atoms with Crippen molar-refractivity contribution in [2.75, 3.05) is 6.67 Å². The van der Waals surface area contributed by atoms with Gasteiger partial charge in [-0.3, -0.25) is 9.59 Å². The summed E-state index contributed by atoms with van der Waals surface area (Å²) in [4.78, 5) is 25.1. The van der Waals surface area contributed by atoms with Crippen LogP contribution in [0.15, 0.2) is 24.3 Å². The van der Waals surface area contributed by atoms with Crippen molar-refractivity contribution in [3.05, 3.63) is 35.4 Å². The Hall–Kier alpha value is -1.96. The van der Waals surface area contributed by atoms with E-state index < -0.39 is 24.0 Å². The Morgan fingerprint density at radius 1 is 1.30 bits per heavy atom. The fourth-order valence-electron chi connectivity index (χ4n) is 2.19. The summed E-state index contributed by atoms with van der Waals surface area (Å²) < 4.78 is 0. The predicted octanol–water partition coefficient (Wildman–Crippen LogP) is -1.75. The Kier molecular flexibility index (Phi) is 4.33. The zero-order chi connectivity index (χ0) is 14.7. The Labute approximate surface area is 116 Å². The number of hydrogen-bond donors (Lipinski definition) is 4. The third kappa shape index (κ3) is 2.79. The number of nitrogens with zero attached hydrogens (tertiary/aromatic N) is 1. The molecule has 7 heteroatoms. The number of aliphatic hydroxyl groups is 1. The topological polar surface area (TPSA) is 122 Å². The largest absolute Gasteiger partial charge is 0.381 e. The van der Waals surface area contributed by atoms with E-state index in [1.54, 1.807) is 0 Å². The van der Waals surface area contributed by atoms with Crippen molar-refractivity contribution in [3.63, 3.8) is 0 Å². The summed E-state index contributed by atoms with van der Waals surface area (Å²) in [5.41, 5.74) is 12.8. The van der Waals surface area contributed by atoms with E-state index in [2.05, 4.69) is 5.32 Å². The summed E-state index contributed by atoms with van der Waals surface area (Å²) in [5.74, 6) is -1.20.